The molecule has 0 radical (unpaired) electrons. The number of rotatable bonds is 6. The summed E-state index contributed by atoms with van der Waals surface area (Å²) in [5, 5.41) is 4.02. The summed E-state index contributed by atoms with van der Waals surface area (Å²) < 4.78 is 9.85. The SMILES string of the molecule is COCC(Nc1nc(C(=O)OC)c(C)s1)C(C)C. The van der Waals surface area contributed by atoms with E-state index in [1.54, 1.807) is 7.11 Å². The van der Waals surface area contributed by atoms with Gasteiger partial charge in [0, 0.05) is 12.0 Å². The van der Waals surface area contributed by atoms with Crippen LogP contribution in [-0.2, 0) is 9.47 Å². The predicted molar refractivity (Wildman–Crippen MR) is 72.3 cm³/mol. The van der Waals surface area contributed by atoms with Gasteiger partial charge in [-0.25, -0.2) is 9.78 Å². The summed E-state index contributed by atoms with van der Waals surface area (Å²) in [5.41, 5.74) is 0.380. The van der Waals surface area contributed by atoms with Gasteiger partial charge in [-0.3, -0.25) is 0 Å². The zero-order valence-electron chi connectivity index (χ0n) is 11.4. The second kappa shape index (κ2) is 6.70. The molecule has 1 heterocycles. The molecule has 0 bridgehead atoms. The fraction of sp³-hybridized carbons (Fsp3) is 0.667. The number of aryl methyl sites for hydroxylation is 1. The number of carbonyl (C=O) groups excluding carboxylic acids is 1. The molecule has 0 aromatic carbocycles. The van der Waals surface area contributed by atoms with Crippen molar-refractivity contribution in [3.05, 3.63) is 10.6 Å². The Hall–Kier alpha value is -1.14. The second-order valence-electron chi connectivity index (χ2n) is 4.37. The molecule has 0 spiro atoms. The Balaban J connectivity index is 2.81. The van der Waals surface area contributed by atoms with Crippen LogP contribution < -0.4 is 5.32 Å². The lowest BCUT2D eigenvalue weighted by atomic mass is 10.1. The van der Waals surface area contributed by atoms with E-state index < -0.39 is 5.97 Å². The van der Waals surface area contributed by atoms with Crippen LogP contribution in [0.3, 0.4) is 0 Å². The Bertz CT molecular complexity index is 404. The van der Waals surface area contributed by atoms with Crippen molar-refractivity contribution in [3.63, 3.8) is 0 Å². The summed E-state index contributed by atoms with van der Waals surface area (Å²) in [6.07, 6.45) is 0. The quantitative estimate of drug-likeness (QED) is 0.805. The normalized spacial score (nSPS) is 12.6. The molecule has 0 saturated heterocycles. The highest BCUT2D eigenvalue weighted by atomic mass is 32.1. The Kier molecular flexibility index (Phi) is 5.55. The van der Waals surface area contributed by atoms with E-state index in [0.29, 0.717) is 18.2 Å². The van der Waals surface area contributed by atoms with Crippen LogP contribution in [0, 0.1) is 12.8 Å². The standard InChI is InChI=1S/C12H20N2O3S/c1-7(2)9(6-16-4)13-12-14-10(8(3)18-12)11(15)17-5/h7,9H,6H2,1-5H3,(H,13,14). The first-order chi connectivity index (χ1) is 8.49. The Labute approximate surface area is 112 Å². The third-order valence-electron chi connectivity index (χ3n) is 2.64. The van der Waals surface area contributed by atoms with Crippen LogP contribution in [0.15, 0.2) is 0 Å². The third kappa shape index (κ3) is 3.68. The van der Waals surface area contributed by atoms with Crippen LogP contribution in [0.4, 0.5) is 5.13 Å². The number of hydrogen-bond acceptors (Lipinski definition) is 6. The molecule has 0 amide bonds. The van der Waals surface area contributed by atoms with Gasteiger partial charge in [-0.1, -0.05) is 13.8 Å². The van der Waals surface area contributed by atoms with E-state index in [1.165, 1.54) is 18.4 Å². The van der Waals surface area contributed by atoms with Crippen molar-refractivity contribution in [2.24, 2.45) is 5.92 Å². The van der Waals surface area contributed by atoms with Crippen molar-refractivity contribution < 1.29 is 14.3 Å². The molecule has 0 saturated carbocycles. The summed E-state index contributed by atoms with van der Waals surface area (Å²) in [6, 6.07) is 0.172. The molecule has 0 aliphatic carbocycles. The molecule has 0 aliphatic heterocycles. The van der Waals surface area contributed by atoms with E-state index >= 15 is 0 Å². The highest BCUT2D eigenvalue weighted by Gasteiger charge is 2.19. The Morgan fingerprint density at radius 2 is 2.11 bits per heavy atom. The molecule has 1 aromatic rings. The van der Waals surface area contributed by atoms with E-state index in [-0.39, 0.29) is 6.04 Å². The number of hydrogen-bond donors (Lipinski definition) is 1. The van der Waals surface area contributed by atoms with Gasteiger partial charge in [0.05, 0.1) is 19.8 Å². The number of nitrogens with one attached hydrogen (secondary N) is 1. The topological polar surface area (TPSA) is 60.5 Å². The Morgan fingerprint density at radius 3 is 2.61 bits per heavy atom. The molecule has 1 aromatic heterocycles. The summed E-state index contributed by atoms with van der Waals surface area (Å²) in [5.74, 6) is 0.0142. The number of thiazole rings is 1. The first-order valence-electron chi connectivity index (χ1n) is 5.80. The fourth-order valence-electron chi connectivity index (χ4n) is 1.48. The van der Waals surface area contributed by atoms with Gasteiger partial charge in [0.1, 0.15) is 0 Å². The second-order valence-corrected chi connectivity index (χ2v) is 5.57. The van der Waals surface area contributed by atoms with Gasteiger partial charge in [0.2, 0.25) is 0 Å². The summed E-state index contributed by atoms with van der Waals surface area (Å²) in [6.45, 7) is 6.68. The van der Waals surface area contributed by atoms with Gasteiger partial charge in [-0.05, 0) is 12.8 Å². The first-order valence-corrected chi connectivity index (χ1v) is 6.62. The maximum Gasteiger partial charge on any atom is 0.357 e. The van der Waals surface area contributed by atoms with Gasteiger partial charge in [-0.15, -0.1) is 11.3 Å². The van der Waals surface area contributed by atoms with E-state index in [9.17, 15) is 4.79 Å². The van der Waals surface area contributed by atoms with E-state index in [1.807, 2.05) is 6.92 Å². The minimum atomic E-state index is -0.398. The van der Waals surface area contributed by atoms with Crippen molar-refractivity contribution >= 4 is 22.4 Å². The summed E-state index contributed by atoms with van der Waals surface area (Å²) in [4.78, 5) is 16.6. The number of anilines is 1. The van der Waals surface area contributed by atoms with Crippen LogP contribution in [0.1, 0.15) is 29.2 Å². The summed E-state index contributed by atoms with van der Waals surface area (Å²) in [7, 11) is 3.03. The third-order valence-corrected chi connectivity index (χ3v) is 3.54. The molecule has 6 heteroatoms. The van der Waals surface area contributed by atoms with Crippen LogP contribution in [0.5, 0.6) is 0 Å². The van der Waals surface area contributed by atoms with Gasteiger partial charge in [0.15, 0.2) is 10.8 Å². The van der Waals surface area contributed by atoms with Crippen molar-refractivity contribution in [3.8, 4) is 0 Å². The highest BCUT2D eigenvalue weighted by molar-refractivity contribution is 7.15. The first kappa shape index (κ1) is 14.9. The number of esters is 1. The van der Waals surface area contributed by atoms with Crippen LogP contribution in [-0.4, -0.2) is 37.8 Å². The zero-order chi connectivity index (χ0) is 13.7. The van der Waals surface area contributed by atoms with Gasteiger partial charge < -0.3 is 14.8 Å². The maximum absolute atomic E-state index is 11.5. The zero-order valence-corrected chi connectivity index (χ0v) is 12.3. The minimum Gasteiger partial charge on any atom is -0.464 e. The smallest absolute Gasteiger partial charge is 0.357 e. The summed E-state index contributed by atoms with van der Waals surface area (Å²) >= 11 is 1.45. The van der Waals surface area contributed by atoms with Gasteiger partial charge >= 0.3 is 5.97 Å². The number of aromatic nitrogens is 1. The maximum atomic E-state index is 11.5. The molecule has 0 aliphatic rings. The van der Waals surface area contributed by atoms with Gasteiger partial charge in [-0.2, -0.15) is 0 Å². The van der Waals surface area contributed by atoms with E-state index in [2.05, 4.69) is 28.9 Å². The molecule has 0 fully saturated rings. The van der Waals surface area contributed by atoms with Crippen molar-refractivity contribution in [2.75, 3.05) is 26.1 Å². The average molecular weight is 272 g/mol. The van der Waals surface area contributed by atoms with E-state index in [4.69, 9.17) is 4.74 Å². The molecule has 5 nitrogen and oxygen atoms in total. The lowest BCUT2D eigenvalue weighted by molar-refractivity contribution is 0.0594. The number of carbonyl (C=O) groups is 1. The average Bonchev–Trinajstić information content (AvgIpc) is 2.68. The monoisotopic (exact) mass is 272 g/mol. The molecule has 1 atom stereocenters. The van der Waals surface area contributed by atoms with Crippen LogP contribution in [0.25, 0.3) is 0 Å². The highest BCUT2D eigenvalue weighted by Crippen LogP contribution is 2.24. The molecular formula is C12H20N2O3S. The molecule has 18 heavy (non-hydrogen) atoms. The Morgan fingerprint density at radius 1 is 1.44 bits per heavy atom. The lowest BCUT2D eigenvalue weighted by Gasteiger charge is -2.20. The number of methoxy groups -OCH3 is 2. The van der Waals surface area contributed by atoms with Crippen molar-refractivity contribution in [1.29, 1.82) is 0 Å². The molecular weight excluding hydrogens is 252 g/mol. The number of nitrogens with zero attached hydrogens (tertiary/aromatic N) is 1. The van der Waals surface area contributed by atoms with E-state index in [0.717, 1.165) is 10.0 Å². The number of ether oxygens (including phenoxy) is 2. The lowest BCUT2D eigenvalue weighted by Crippen LogP contribution is -2.30. The van der Waals surface area contributed by atoms with Crippen LogP contribution in [0.2, 0.25) is 0 Å². The predicted octanol–water partition coefficient (Wildman–Crippen LogP) is 2.32. The van der Waals surface area contributed by atoms with Crippen molar-refractivity contribution in [2.45, 2.75) is 26.8 Å². The van der Waals surface area contributed by atoms with Crippen molar-refractivity contribution in [1.82, 2.24) is 4.98 Å². The largest absolute Gasteiger partial charge is 0.464 e. The molecule has 1 unspecified atom stereocenters. The van der Waals surface area contributed by atoms with Crippen LogP contribution >= 0.6 is 11.3 Å². The minimum absolute atomic E-state index is 0.172. The molecule has 102 valence electrons. The molecule has 1 rings (SSSR count). The fourth-order valence-corrected chi connectivity index (χ4v) is 2.35. The molecule has 1 N–H and O–H groups in total. The van der Waals surface area contributed by atoms with Gasteiger partial charge in [0.25, 0.3) is 0 Å².